The molecule has 0 spiro atoms. The first-order chi connectivity index (χ1) is 6.27. The van der Waals surface area contributed by atoms with Crippen molar-refractivity contribution in [2.45, 2.75) is 6.42 Å². The van der Waals surface area contributed by atoms with E-state index in [1.807, 2.05) is 12.1 Å². The second kappa shape index (κ2) is 2.98. The highest BCUT2D eigenvalue weighted by Crippen LogP contribution is 2.14. The lowest BCUT2D eigenvalue weighted by Gasteiger charge is -2.00. The number of rotatable bonds is 0. The van der Waals surface area contributed by atoms with E-state index in [4.69, 9.17) is 0 Å². The van der Waals surface area contributed by atoms with E-state index >= 15 is 0 Å². The molecule has 1 aromatic carbocycles. The molecule has 1 aliphatic carbocycles. The second-order valence-electron chi connectivity index (χ2n) is 3.00. The fourth-order valence-corrected chi connectivity index (χ4v) is 1.42. The Kier molecular flexibility index (Phi) is 1.81. The molecular formula is C11H8O2. The zero-order chi connectivity index (χ0) is 9.26. The van der Waals surface area contributed by atoms with Crippen LogP contribution in [0.5, 0.6) is 0 Å². The van der Waals surface area contributed by atoms with Gasteiger partial charge in [-0.25, -0.2) is 0 Å². The van der Waals surface area contributed by atoms with Gasteiger partial charge in [0, 0.05) is 12.0 Å². The monoisotopic (exact) mass is 172 g/mol. The SMILES string of the molecule is O=C1C=CC(=O)c2ccccc2C1. The van der Waals surface area contributed by atoms with Crippen LogP contribution in [0.4, 0.5) is 0 Å². The van der Waals surface area contributed by atoms with Gasteiger partial charge in [-0.1, -0.05) is 24.3 Å². The Labute approximate surface area is 75.9 Å². The first-order valence-electron chi connectivity index (χ1n) is 4.10. The molecule has 0 aliphatic heterocycles. The van der Waals surface area contributed by atoms with E-state index < -0.39 is 0 Å². The topological polar surface area (TPSA) is 34.1 Å². The molecule has 2 heteroatoms. The zero-order valence-corrected chi connectivity index (χ0v) is 6.99. The van der Waals surface area contributed by atoms with Crippen LogP contribution in [0.25, 0.3) is 0 Å². The molecule has 0 fully saturated rings. The molecule has 0 heterocycles. The molecule has 0 atom stereocenters. The maximum Gasteiger partial charge on any atom is 0.186 e. The van der Waals surface area contributed by atoms with Gasteiger partial charge in [0.1, 0.15) is 0 Å². The van der Waals surface area contributed by atoms with Gasteiger partial charge in [0.05, 0.1) is 0 Å². The van der Waals surface area contributed by atoms with Gasteiger partial charge in [-0.05, 0) is 17.7 Å². The lowest BCUT2D eigenvalue weighted by molar-refractivity contribution is -0.114. The third-order valence-corrected chi connectivity index (χ3v) is 2.07. The summed E-state index contributed by atoms with van der Waals surface area (Å²) in [5.41, 5.74) is 1.46. The first kappa shape index (κ1) is 7.92. The standard InChI is InChI=1S/C11H8O2/c12-9-5-6-11(13)10-4-2-1-3-8(10)7-9/h1-6H,7H2. The zero-order valence-electron chi connectivity index (χ0n) is 6.99. The number of carbonyl (C=O) groups is 2. The van der Waals surface area contributed by atoms with E-state index in [0.717, 1.165) is 5.56 Å². The van der Waals surface area contributed by atoms with Gasteiger partial charge >= 0.3 is 0 Å². The second-order valence-corrected chi connectivity index (χ2v) is 3.00. The summed E-state index contributed by atoms with van der Waals surface area (Å²) in [5.74, 6) is -0.0975. The van der Waals surface area contributed by atoms with E-state index in [0.29, 0.717) is 12.0 Å². The normalized spacial score (nSPS) is 15.4. The van der Waals surface area contributed by atoms with Gasteiger partial charge in [0.25, 0.3) is 0 Å². The molecule has 13 heavy (non-hydrogen) atoms. The van der Waals surface area contributed by atoms with Crippen LogP contribution in [0, 0.1) is 0 Å². The Morgan fingerprint density at radius 3 is 2.62 bits per heavy atom. The van der Waals surface area contributed by atoms with E-state index in [1.165, 1.54) is 12.2 Å². The lowest BCUT2D eigenvalue weighted by atomic mass is 10.0. The van der Waals surface area contributed by atoms with Crippen molar-refractivity contribution < 1.29 is 9.59 Å². The van der Waals surface area contributed by atoms with Gasteiger partial charge in [-0.15, -0.1) is 0 Å². The molecule has 2 nitrogen and oxygen atoms in total. The number of fused-ring (bicyclic) bond motifs is 1. The van der Waals surface area contributed by atoms with Gasteiger partial charge < -0.3 is 0 Å². The Morgan fingerprint density at radius 1 is 1.00 bits per heavy atom. The first-order valence-corrected chi connectivity index (χ1v) is 4.10. The minimum atomic E-state index is -0.0820. The molecule has 0 amide bonds. The Balaban J connectivity index is 2.58. The van der Waals surface area contributed by atoms with Crippen LogP contribution in [0.3, 0.4) is 0 Å². The number of hydrogen-bond acceptors (Lipinski definition) is 2. The highest BCUT2D eigenvalue weighted by molar-refractivity contribution is 6.11. The fraction of sp³-hybridized carbons (Fsp3) is 0.0909. The Bertz CT molecular complexity index is 402. The average molecular weight is 172 g/mol. The summed E-state index contributed by atoms with van der Waals surface area (Å²) in [6.07, 6.45) is 3.02. The minimum absolute atomic E-state index is 0.0155. The minimum Gasteiger partial charge on any atom is -0.294 e. The van der Waals surface area contributed by atoms with Crippen LogP contribution in [0.15, 0.2) is 36.4 Å². The van der Waals surface area contributed by atoms with Crippen molar-refractivity contribution in [3.05, 3.63) is 47.5 Å². The van der Waals surface area contributed by atoms with Crippen LogP contribution in [-0.4, -0.2) is 11.6 Å². The predicted molar refractivity (Wildman–Crippen MR) is 48.6 cm³/mol. The average Bonchev–Trinajstić information content (AvgIpc) is 2.27. The summed E-state index contributed by atoms with van der Waals surface area (Å²) in [6, 6.07) is 7.21. The van der Waals surface area contributed by atoms with Crippen LogP contribution >= 0.6 is 0 Å². The molecule has 0 unspecified atom stereocenters. The summed E-state index contributed by atoms with van der Waals surface area (Å²) < 4.78 is 0. The molecule has 0 bridgehead atoms. The van der Waals surface area contributed by atoms with Gasteiger partial charge in [-0.3, -0.25) is 9.59 Å². The quantitative estimate of drug-likeness (QED) is 0.595. The highest BCUT2D eigenvalue weighted by atomic mass is 16.1. The maximum absolute atomic E-state index is 11.4. The van der Waals surface area contributed by atoms with E-state index in [1.54, 1.807) is 12.1 Å². The van der Waals surface area contributed by atoms with Crippen molar-refractivity contribution in [2.75, 3.05) is 0 Å². The van der Waals surface area contributed by atoms with Crippen LogP contribution in [0.2, 0.25) is 0 Å². The summed E-state index contributed by atoms with van der Waals surface area (Å²) in [6.45, 7) is 0. The summed E-state index contributed by atoms with van der Waals surface area (Å²) in [4.78, 5) is 22.6. The van der Waals surface area contributed by atoms with Gasteiger partial charge in [0.2, 0.25) is 0 Å². The van der Waals surface area contributed by atoms with Gasteiger partial charge in [-0.2, -0.15) is 0 Å². The van der Waals surface area contributed by atoms with E-state index in [-0.39, 0.29) is 11.6 Å². The lowest BCUT2D eigenvalue weighted by Crippen LogP contribution is -2.00. The summed E-state index contributed by atoms with van der Waals surface area (Å²) in [5, 5.41) is 0. The third-order valence-electron chi connectivity index (χ3n) is 2.07. The number of benzene rings is 1. The van der Waals surface area contributed by atoms with Crippen LogP contribution in [0.1, 0.15) is 15.9 Å². The molecular weight excluding hydrogens is 164 g/mol. The van der Waals surface area contributed by atoms with Crippen molar-refractivity contribution >= 4 is 11.6 Å². The number of allylic oxidation sites excluding steroid dienone is 2. The number of carbonyl (C=O) groups excluding carboxylic acids is 2. The molecule has 2 rings (SSSR count). The summed E-state index contributed by atoms with van der Waals surface area (Å²) in [7, 11) is 0. The predicted octanol–water partition coefficient (Wildman–Crippen LogP) is 1.55. The molecule has 0 aromatic heterocycles. The van der Waals surface area contributed by atoms with E-state index in [9.17, 15) is 9.59 Å². The van der Waals surface area contributed by atoms with Gasteiger partial charge in [0.15, 0.2) is 11.6 Å². The molecule has 0 saturated heterocycles. The van der Waals surface area contributed by atoms with Crippen molar-refractivity contribution in [3.8, 4) is 0 Å². The number of ketones is 2. The van der Waals surface area contributed by atoms with Crippen molar-refractivity contribution in [1.82, 2.24) is 0 Å². The summed E-state index contributed by atoms with van der Waals surface area (Å²) >= 11 is 0. The third kappa shape index (κ3) is 1.43. The van der Waals surface area contributed by atoms with Crippen molar-refractivity contribution in [2.24, 2.45) is 0 Å². The number of hydrogen-bond donors (Lipinski definition) is 0. The van der Waals surface area contributed by atoms with Crippen LogP contribution in [-0.2, 0) is 11.2 Å². The molecule has 0 radical (unpaired) electrons. The largest absolute Gasteiger partial charge is 0.294 e. The molecule has 1 aliphatic rings. The fourth-order valence-electron chi connectivity index (χ4n) is 1.42. The highest BCUT2D eigenvalue weighted by Gasteiger charge is 2.13. The van der Waals surface area contributed by atoms with Crippen LogP contribution < -0.4 is 0 Å². The molecule has 1 aromatic rings. The van der Waals surface area contributed by atoms with E-state index in [2.05, 4.69) is 0 Å². The maximum atomic E-state index is 11.4. The molecule has 64 valence electrons. The molecule has 0 saturated carbocycles. The molecule has 0 N–H and O–H groups in total. The van der Waals surface area contributed by atoms with Crippen molar-refractivity contribution in [1.29, 1.82) is 0 Å². The Hall–Kier alpha value is -1.70. The smallest absolute Gasteiger partial charge is 0.186 e. The Morgan fingerprint density at radius 2 is 1.77 bits per heavy atom. The van der Waals surface area contributed by atoms with Crippen molar-refractivity contribution in [3.63, 3.8) is 0 Å².